The molecule has 0 saturated carbocycles. The Kier molecular flexibility index (Phi) is 4.14. The monoisotopic (exact) mass is 426 g/mol. The second kappa shape index (κ2) is 7.16. The minimum Gasteiger partial charge on any atom is -0.481 e. The fraction of sp³-hybridized carbons (Fsp3) is 0.174. The van der Waals surface area contributed by atoms with Gasteiger partial charge in [0, 0.05) is 53.2 Å². The number of carboxylic acids is 1. The third-order valence-corrected chi connectivity index (χ3v) is 5.89. The molecule has 1 aliphatic heterocycles. The summed E-state index contributed by atoms with van der Waals surface area (Å²) in [6.07, 6.45) is 6.22. The highest BCUT2D eigenvalue weighted by atomic mass is 16.5. The van der Waals surface area contributed by atoms with Crippen LogP contribution >= 0.6 is 0 Å². The molecule has 0 bridgehead atoms. The maximum Gasteiger partial charge on any atom is 0.304 e. The zero-order valence-corrected chi connectivity index (χ0v) is 16.9. The van der Waals surface area contributed by atoms with Crippen LogP contribution in [0.5, 0.6) is 0 Å². The highest BCUT2D eigenvalue weighted by Gasteiger charge is 2.27. The number of rotatable bonds is 5. The molecule has 5 heterocycles. The van der Waals surface area contributed by atoms with Gasteiger partial charge in [0.1, 0.15) is 0 Å². The number of fused-ring (bicyclic) bond motifs is 3. The van der Waals surface area contributed by atoms with Crippen molar-refractivity contribution in [3.63, 3.8) is 0 Å². The van der Waals surface area contributed by atoms with E-state index in [0.717, 1.165) is 40.7 Å². The summed E-state index contributed by atoms with van der Waals surface area (Å²) in [7, 11) is 0. The van der Waals surface area contributed by atoms with Gasteiger partial charge in [0.2, 0.25) is 5.82 Å². The number of nitrogens with zero attached hydrogens (tertiary/aromatic N) is 6. The first kappa shape index (κ1) is 18.5. The van der Waals surface area contributed by atoms with Crippen LogP contribution in [-0.2, 0) is 11.3 Å². The van der Waals surface area contributed by atoms with Crippen molar-refractivity contribution in [2.45, 2.75) is 25.3 Å². The SMILES string of the molecule is O=C(O)C[C@@H]1CCn2c1cc1cc(-c3noc(-c4ccc(-n5cccn5)nc4)n3)ccc12. The number of benzene rings is 1. The molecular formula is C23H18N6O3. The van der Waals surface area contributed by atoms with E-state index in [-0.39, 0.29) is 12.3 Å². The van der Waals surface area contributed by atoms with Crippen LogP contribution in [0.15, 0.2) is 65.6 Å². The lowest BCUT2D eigenvalue weighted by atomic mass is 10.0. The van der Waals surface area contributed by atoms with Gasteiger partial charge in [-0.3, -0.25) is 4.79 Å². The fourth-order valence-corrected chi connectivity index (χ4v) is 4.38. The van der Waals surface area contributed by atoms with Crippen molar-refractivity contribution in [2.24, 2.45) is 0 Å². The molecule has 9 heteroatoms. The van der Waals surface area contributed by atoms with E-state index in [1.165, 1.54) is 0 Å². The number of hydrogen-bond donors (Lipinski definition) is 1. The summed E-state index contributed by atoms with van der Waals surface area (Å²) in [6, 6.07) is 13.6. The summed E-state index contributed by atoms with van der Waals surface area (Å²) in [6.45, 7) is 0.837. The van der Waals surface area contributed by atoms with Crippen molar-refractivity contribution < 1.29 is 14.4 Å². The van der Waals surface area contributed by atoms with Crippen LogP contribution < -0.4 is 0 Å². The van der Waals surface area contributed by atoms with Crippen molar-refractivity contribution in [2.75, 3.05) is 0 Å². The van der Waals surface area contributed by atoms with Gasteiger partial charge < -0.3 is 14.2 Å². The Bertz CT molecular complexity index is 1430. The number of carbonyl (C=O) groups is 1. The predicted molar refractivity (Wildman–Crippen MR) is 115 cm³/mol. The van der Waals surface area contributed by atoms with E-state index in [4.69, 9.17) is 4.52 Å². The Balaban J connectivity index is 1.29. The van der Waals surface area contributed by atoms with Crippen LogP contribution in [-0.4, -0.2) is 40.5 Å². The van der Waals surface area contributed by atoms with Crippen molar-refractivity contribution in [3.05, 3.63) is 66.7 Å². The molecule has 5 aromatic rings. The molecule has 158 valence electrons. The van der Waals surface area contributed by atoms with Gasteiger partial charge in [0.15, 0.2) is 5.82 Å². The van der Waals surface area contributed by atoms with Crippen molar-refractivity contribution >= 4 is 16.9 Å². The van der Waals surface area contributed by atoms with Gasteiger partial charge in [-0.15, -0.1) is 0 Å². The zero-order valence-electron chi connectivity index (χ0n) is 16.9. The topological polar surface area (TPSA) is 112 Å². The van der Waals surface area contributed by atoms with Crippen LogP contribution in [0.2, 0.25) is 0 Å². The molecule has 32 heavy (non-hydrogen) atoms. The smallest absolute Gasteiger partial charge is 0.304 e. The fourth-order valence-electron chi connectivity index (χ4n) is 4.38. The lowest BCUT2D eigenvalue weighted by Crippen LogP contribution is -2.02. The molecule has 0 aliphatic carbocycles. The first-order valence-corrected chi connectivity index (χ1v) is 10.3. The van der Waals surface area contributed by atoms with Crippen LogP contribution in [0, 0.1) is 0 Å². The second-order valence-electron chi connectivity index (χ2n) is 7.86. The summed E-state index contributed by atoms with van der Waals surface area (Å²) >= 11 is 0. The van der Waals surface area contributed by atoms with Gasteiger partial charge in [-0.25, -0.2) is 9.67 Å². The predicted octanol–water partition coefficient (Wildman–Crippen LogP) is 3.90. The normalized spacial score (nSPS) is 15.3. The van der Waals surface area contributed by atoms with Crippen LogP contribution in [0.25, 0.3) is 39.6 Å². The minimum absolute atomic E-state index is 0.0531. The van der Waals surface area contributed by atoms with Gasteiger partial charge in [-0.1, -0.05) is 5.16 Å². The standard InChI is InChI=1S/C23H18N6O3/c30-21(31)12-14-6-9-28-18-4-2-15(10-17(18)11-19(14)28)22-26-23(32-27-22)16-3-5-20(24-13-16)29-8-1-7-25-29/h1-5,7-8,10-11,13-14H,6,9,12H2,(H,30,31)/t14-/m0/s1. The minimum atomic E-state index is -0.763. The maximum absolute atomic E-state index is 11.2. The second-order valence-corrected chi connectivity index (χ2v) is 7.86. The Morgan fingerprint density at radius 2 is 2.09 bits per heavy atom. The van der Waals surface area contributed by atoms with Crippen LogP contribution in [0.3, 0.4) is 0 Å². The summed E-state index contributed by atoms with van der Waals surface area (Å²) in [4.78, 5) is 20.1. The zero-order chi connectivity index (χ0) is 21.7. The van der Waals surface area contributed by atoms with E-state index in [1.54, 1.807) is 17.1 Å². The first-order chi connectivity index (χ1) is 15.7. The van der Waals surface area contributed by atoms with Gasteiger partial charge >= 0.3 is 5.97 Å². The lowest BCUT2D eigenvalue weighted by molar-refractivity contribution is -0.137. The molecular weight excluding hydrogens is 408 g/mol. The number of hydrogen-bond acceptors (Lipinski definition) is 6. The van der Waals surface area contributed by atoms with Crippen molar-refractivity contribution in [3.8, 4) is 28.7 Å². The highest BCUT2D eigenvalue weighted by Crippen LogP contribution is 2.37. The molecule has 0 saturated heterocycles. The molecule has 9 nitrogen and oxygen atoms in total. The summed E-state index contributed by atoms with van der Waals surface area (Å²) < 4.78 is 9.36. The molecule has 1 aromatic carbocycles. The average Bonchev–Trinajstić information content (AvgIpc) is 3.58. The Hall–Kier alpha value is -4.27. The average molecular weight is 426 g/mol. The largest absolute Gasteiger partial charge is 0.481 e. The van der Waals surface area contributed by atoms with E-state index < -0.39 is 5.97 Å². The molecule has 0 spiro atoms. The first-order valence-electron chi connectivity index (χ1n) is 10.3. The molecule has 0 unspecified atom stereocenters. The summed E-state index contributed by atoms with van der Waals surface area (Å²) in [5, 5.41) is 18.5. The Morgan fingerprint density at radius 3 is 2.88 bits per heavy atom. The molecule has 1 N–H and O–H groups in total. The quantitative estimate of drug-likeness (QED) is 0.453. The highest BCUT2D eigenvalue weighted by molar-refractivity contribution is 5.86. The van der Waals surface area contributed by atoms with Crippen LogP contribution in [0.1, 0.15) is 24.5 Å². The number of pyridine rings is 1. The Labute approximate surface area is 181 Å². The molecule has 1 aliphatic rings. The molecule has 0 amide bonds. The number of aryl methyl sites for hydroxylation is 1. The van der Waals surface area contributed by atoms with Crippen LogP contribution in [0.4, 0.5) is 0 Å². The molecule has 0 fully saturated rings. The van der Waals surface area contributed by atoms with E-state index in [1.807, 2.05) is 42.6 Å². The maximum atomic E-state index is 11.2. The summed E-state index contributed by atoms with van der Waals surface area (Å²) in [5.74, 6) is 0.872. The third kappa shape index (κ3) is 3.06. The Morgan fingerprint density at radius 1 is 1.19 bits per heavy atom. The lowest BCUT2D eigenvalue weighted by Gasteiger charge is -2.04. The summed E-state index contributed by atoms with van der Waals surface area (Å²) in [5.41, 5.74) is 3.74. The van der Waals surface area contributed by atoms with Gasteiger partial charge in [-0.2, -0.15) is 10.1 Å². The van der Waals surface area contributed by atoms with E-state index >= 15 is 0 Å². The van der Waals surface area contributed by atoms with Gasteiger partial charge in [0.25, 0.3) is 5.89 Å². The van der Waals surface area contributed by atoms with Gasteiger partial charge in [-0.05, 0) is 48.9 Å². The van der Waals surface area contributed by atoms with Crippen molar-refractivity contribution in [1.82, 2.24) is 29.5 Å². The molecule has 4 aromatic heterocycles. The number of carboxylic acid groups (broad SMARTS) is 1. The number of aromatic nitrogens is 6. The van der Waals surface area contributed by atoms with Gasteiger partial charge in [0.05, 0.1) is 12.0 Å². The van der Waals surface area contributed by atoms with E-state index in [0.29, 0.717) is 17.5 Å². The molecule has 1 atom stereocenters. The number of aliphatic carboxylic acids is 1. The van der Waals surface area contributed by atoms with Crippen molar-refractivity contribution in [1.29, 1.82) is 0 Å². The van der Waals surface area contributed by atoms with E-state index in [2.05, 4.69) is 30.9 Å². The molecule has 6 rings (SSSR count). The third-order valence-electron chi connectivity index (χ3n) is 5.89. The van der Waals surface area contributed by atoms with E-state index in [9.17, 15) is 9.90 Å². The molecule has 0 radical (unpaired) electrons.